The fraction of sp³-hybridized carbons (Fsp3) is 0.533. The summed E-state index contributed by atoms with van der Waals surface area (Å²) in [7, 11) is -3.82. The summed E-state index contributed by atoms with van der Waals surface area (Å²) in [5, 5.41) is 8.10. The van der Waals surface area contributed by atoms with Gasteiger partial charge < -0.3 is 5.32 Å². The molecule has 6 heteroatoms. The van der Waals surface area contributed by atoms with Gasteiger partial charge in [0.05, 0.1) is 4.90 Å². The number of aryl methyl sites for hydroxylation is 1. The summed E-state index contributed by atoms with van der Waals surface area (Å²) < 4.78 is 23.0. The normalized spacial score (nSPS) is 16.6. The molecule has 1 aliphatic carbocycles. The highest BCUT2D eigenvalue weighted by Crippen LogP contribution is 2.33. The van der Waals surface area contributed by atoms with Crippen molar-refractivity contribution in [1.29, 1.82) is 0 Å². The molecule has 5 nitrogen and oxygen atoms in total. The summed E-state index contributed by atoms with van der Waals surface area (Å²) in [6, 6.07) is 2.94. The van der Waals surface area contributed by atoms with Crippen LogP contribution in [-0.4, -0.2) is 20.4 Å². The third-order valence-corrected chi connectivity index (χ3v) is 4.87. The largest absolute Gasteiger partial charge is 0.350 e. The lowest BCUT2D eigenvalue weighted by Gasteiger charge is -2.16. The molecule has 3 N–H and O–H groups in total. The first-order valence-corrected chi connectivity index (χ1v) is 8.68. The minimum Gasteiger partial charge on any atom is -0.350 e. The number of benzene rings is 1. The standard InChI is InChI=1S/C15H22N2O3S/c1-9-6-13(21(16,19)20)8-14(11(9)3)15(18)17-10(2)7-12-4-5-12/h6,8,10,12H,4-5,7H2,1-3H3,(H,17,18)(H2,16,19,20). The molecule has 2 rings (SSSR count). The van der Waals surface area contributed by atoms with Crippen molar-refractivity contribution in [2.24, 2.45) is 11.1 Å². The first-order valence-electron chi connectivity index (χ1n) is 7.13. The zero-order valence-corrected chi connectivity index (χ0v) is 13.5. The Bertz CT molecular complexity index is 664. The maximum Gasteiger partial charge on any atom is 0.251 e. The van der Waals surface area contributed by atoms with Gasteiger partial charge in [0, 0.05) is 11.6 Å². The fourth-order valence-corrected chi connectivity index (χ4v) is 3.06. The van der Waals surface area contributed by atoms with E-state index in [0.717, 1.165) is 23.5 Å². The number of carbonyl (C=O) groups is 1. The molecule has 1 saturated carbocycles. The van der Waals surface area contributed by atoms with Crippen LogP contribution >= 0.6 is 0 Å². The third-order valence-electron chi connectivity index (χ3n) is 3.98. The maximum atomic E-state index is 12.4. The van der Waals surface area contributed by atoms with Crippen LogP contribution in [0.15, 0.2) is 17.0 Å². The highest BCUT2D eigenvalue weighted by Gasteiger charge is 2.25. The van der Waals surface area contributed by atoms with Crippen molar-refractivity contribution >= 4 is 15.9 Å². The van der Waals surface area contributed by atoms with E-state index in [1.165, 1.54) is 25.0 Å². The molecular weight excluding hydrogens is 288 g/mol. The summed E-state index contributed by atoms with van der Waals surface area (Å²) >= 11 is 0. The minimum absolute atomic E-state index is 0.0226. The van der Waals surface area contributed by atoms with Gasteiger partial charge in [0.1, 0.15) is 0 Å². The van der Waals surface area contributed by atoms with Crippen molar-refractivity contribution in [3.8, 4) is 0 Å². The van der Waals surface area contributed by atoms with E-state index in [4.69, 9.17) is 5.14 Å². The Morgan fingerprint density at radius 1 is 1.38 bits per heavy atom. The first-order chi connectivity index (χ1) is 9.68. The van der Waals surface area contributed by atoms with E-state index in [0.29, 0.717) is 5.56 Å². The lowest BCUT2D eigenvalue weighted by Crippen LogP contribution is -2.33. The number of amides is 1. The van der Waals surface area contributed by atoms with E-state index in [1.54, 1.807) is 6.92 Å². The van der Waals surface area contributed by atoms with Gasteiger partial charge in [-0.3, -0.25) is 4.79 Å². The van der Waals surface area contributed by atoms with E-state index in [-0.39, 0.29) is 16.8 Å². The smallest absolute Gasteiger partial charge is 0.251 e. The van der Waals surface area contributed by atoms with Gasteiger partial charge in [0.15, 0.2) is 0 Å². The Morgan fingerprint density at radius 2 is 2.00 bits per heavy atom. The number of primary sulfonamides is 1. The molecule has 1 aromatic rings. The highest BCUT2D eigenvalue weighted by molar-refractivity contribution is 7.89. The summed E-state index contributed by atoms with van der Waals surface area (Å²) in [6.07, 6.45) is 3.44. The quantitative estimate of drug-likeness (QED) is 0.870. The predicted octanol–water partition coefficient (Wildman–Crippen LogP) is 1.87. The summed E-state index contributed by atoms with van der Waals surface area (Å²) in [6.45, 7) is 5.55. The maximum absolute atomic E-state index is 12.4. The van der Waals surface area contributed by atoms with Gasteiger partial charge in [-0.25, -0.2) is 13.6 Å². The van der Waals surface area contributed by atoms with Crippen LogP contribution in [0.2, 0.25) is 0 Å². The second kappa shape index (κ2) is 5.77. The van der Waals surface area contributed by atoms with Crippen molar-refractivity contribution in [3.63, 3.8) is 0 Å². The van der Waals surface area contributed by atoms with E-state index in [1.807, 2.05) is 13.8 Å². The molecule has 1 unspecified atom stereocenters. The molecule has 0 aromatic heterocycles. The van der Waals surface area contributed by atoms with E-state index < -0.39 is 10.0 Å². The molecule has 0 heterocycles. The number of sulfonamides is 1. The van der Waals surface area contributed by atoms with Crippen LogP contribution < -0.4 is 10.5 Å². The Labute approximate surface area is 126 Å². The van der Waals surface area contributed by atoms with Crippen molar-refractivity contribution in [2.75, 3.05) is 0 Å². The highest BCUT2D eigenvalue weighted by atomic mass is 32.2. The van der Waals surface area contributed by atoms with Crippen LogP contribution in [0.5, 0.6) is 0 Å². The van der Waals surface area contributed by atoms with Crippen LogP contribution in [-0.2, 0) is 10.0 Å². The molecule has 1 atom stereocenters. The Morgan fingerprint density at radius 3 is 2.52 bits per heavy atom. The van der Waals surface area contributed by atoms with Crippen LogP contribution in [0.3, 0.4) is 0 Å². The third kappa shape index (κ3) is 4.04. The zero-order chi connectivity index (χ0) is 15.8. The van der Waals surface area contributed by atoms with Crippen LogP contribution in [0.1, 0.15) is 47.7 Å². The molecule has 0 radical (unpaired) electrons. The monoisotopic (exact) mass is 310 g/mol. The van der Waals surface area contributed by atoms with Crippen LogP contribution in [0, 0.1) is 19.8 Å². The summed E-state index contributed by atoms with van der Waals surface area (Å²) in [5.74, 6) is 0.480. The van der Waals surface area contributed by atoms with E-state index in [2.05, 4.69) is 5.32 Å². The van der Waals surface area contributed by atoms with E-state index in [9.17, 15) is 13.2 Å². The van der Waals surface area contributed by atoms with Crippen molar-refractivity contribution < 1.29 is 13.2 Å². The van der Waals surface area contributed by atoms with Gasteiger partial charge in [-0.05, 0) is 56.4 Å². The molecule has 0 saturated heterocycles. The molecule has 0 spiro atoms. The van der Waals surface area contributed by atoms with Crippen LogP contribution in [0.4, 0.5) is 0 Å². The van der Waals surface area contributed by atoms with Crippen molar-refractivity contribution in [3.05, 3.63) is 28.8 Å². The lowest BCUT2D eigenvalue weighted by molar-refractivity contribution is 0.0936. The number of hydrogen-bond acceptors (Lipinski definition) is 3. The average molecular weight is 310 g/mol. The second-order valence-corrected chi connectivity index (χ2v) is 7.57. The number of carbonyl (C=O) groups excluding carboxylic acids is 1. The lowest BCUT2D eigenvalue weighted by atomic mass is 10.0. The Kier molecular flexibility index (Phi) is 4.39. The predicted molar refractivity (Wildman–Crippen MR) is 81.6 cm³/mol. The molecule has 116 valence electrons. The molecular formula is C15H22N2O3S. The van der Waals surface area contributed by atoms with Crippen molar-refractivity contribution in [2.45, 2.75) is 51.0 Å². The Balaban J connectivity index is 2.24. The fourth-order valence-electron chi connectivity index (χ4n) is 2.44. The number of nitrogens with two attached hydrogens (primary N) is 1. The van der Waals surface area contributed by atoms with Gasteiger partial charge in [-0.1, -0.05) is 12.8 Å². The minimum atomic E-state index is -3.82. The van der Waals surface area contributed by atoms with Gasteiger partial charge in [0.25, 0.3) is 5.91 Å². The topological polar surface area (TPSA) is 89.3 Å². The van der Waals surface area contributed by atoms with Gasteiger partial charge in [0.2, 0.25) is 10.0 Å². The second-order valence-electron chi connectivity index (χ2n) is 6.01. The molecule has 21 heavy (non-hydrogen) atoms. The number of rotatable bonds is 5. The SMILES string of the molecule is Cc1cc(S(N)(=O)=O)cc(C(=O)NC(C)CC2CC2)c1C. The summed E-state index contributed by atoms with van der Waals surface area (Å²) in [5.41, 5.74) is 1.89. The summed E-state index contributed by atoms with van der Waals surface area (Å²) in [4.78, 5) is 12.3. The molecule has 1 aromatic carbocycles. The number of nitrogens with one attached hydrogen (secondary N) is 1. The van der Waals surface area contributed by atoms with Gasteiger partial charge in [-0.2, -0.15) is 0 Å². The van der Waals surface area contributed by atoms with Gasteiger partial charge >= 0.3 is 0 Å². The first kappa shape index (κ1) is 16.0. The molecule has 1 fully saturated rings. The molecule has 1 amide bonds. The number of hydrogen-bond donors (Lipinski definition) is 2. The molecule has 1 aliphatic rings. The van der Waals surface area contributed by atoms with E-state index >= 15 is 0 Å². The average Bonchev–Trinajstić information content (AvgIpc) is 3.14. The van der Waals surface area contributed by atoms with Crippen LogP contribution in [0.25, 0.3) is 0 Å². The van der Waals surface area contributed by atoms with Crippen molar-refractivity contribution in [1.82, 2.24) is 5.32 Å². The molecule has 0 aliphatic heterocycles. The Hall–Kier alpha value is -1.40. The van der Waals surface area contributed by atoms with Gasteiger partial charge in [-0.15, -0.1) is 0 Å². The molecule has 0 bridgehead atoms. The zero-order valence-electron chi connectivity index (χ0n) is 12.6.